The Hall–Kier alpha value is -1.06. The summed E-state index contributed by atoms with van der Waals surface area (Å²) in [5.74, 6) is 0.689. The van der Waals surface area contributed by atoms with Gasteiger partial charge in [0.1, 0.15) is 0 Å². The van der Waals surface area contributed by atoms with E-state index in [2.05, 4.69) is 55.3 Å². The maximum absolute atomic E-state index is 5.75. The van der Waals surface area contributed by atoms with E-state index in [1.165, 1.54) is 11.3 Å². The molecule has 0 aliphatic carbocycles. The van der Waals surface area contributed by atoms with Gasteiger partial charge in [-0.3, -0.25) is 0 Å². The van der Waals surface area contributed by atoms with E-state index in [9.17, 15) is 0 Å². The smallest absolute Gasteiger partial charge is 0.0721 e. The standard InChI is InChI=1S/C17H28N2O/c1-14(2)11-18-12-16-7-4-5-8-17(16)19-9-6-10-20-15(3)13-19/h4-5,7-8,14-15,18H,6,9-13H2,1-3H3. The second kappa shape index (κ2) is 7.65. The molecule has 112 valence electrons. The molecule has 20 heavy (non-hydrogen) atoms. The van der Waals surface area contributed by atoms with Crippen LogP contribution in [0.25, 0.3) is 0 Å². The molecule has 0 amide bonds. The molecule has 0 saturated carbocycles. The van der Waals surface area contributed by atoms with Crippen LogP contribution in [0.4, 0.5) is 5.69 Å². The monoisotopic (exact) mass is 276 g/mol. The summed E-state index contributed by atoms with van der Waals surface area (Å²) < 4.78 is 5.75. The second-order valence-electron chi connectivity index (χ2n) is 6.13. The molecule has 1 unspecified atom stereocenters. The fourth-order valence-corrected chi connectivity index (χ4v) is 2.68. The van der Waals surface area contributed by atoms with Crippen LogP contribution in [0.1, 0.15) is 32.8 Å². The molecule has 1 aliphatic heterocycles. The molecule has 2 rings (SSSR count). The highest BCUT2D eigenvalue weighted by molar-refractivity contribution is 5.53. The highest BCUT2D eigenvalue weighted by Crippen LogP contribution is 2.22. The van der Waals surface area contributed by atoms with Gasteiger partial charge in [-0.15, -0.1) is 0 Å². The molecule has 0 bridgehead atoms. The number of rotatable bonds is 5. The molecule has 1 saturated heterocycles. The second-order valence-corrected chi connectivity index (χ2v) is 6.13. The number of nitrogens with one attached hydrogen (secondary N) is 1. The van der Waals surface area contributed by atoms with Crippen molar-refractivity contribution in [3.05, 3.63) is 29.8 Å². The van der Waals surface area contributed by atoms with Crippen LogP contribution in [0.15, 0.2) is 24.3 Å². The van der Waals surface area contributed by atoms with Crippen molar-refractivity contribution in [1.29, 1.82) is 0 Å². The number of hydrogen-bond acceptors (Lipinski definition) is 3. The van der Waals surface area contributed by atoms with Gasteiger partial charge >= 0.3 is 0 Å². The zero-order chi connectivity index (χ0) is 14.4. The molecule has 1 heterocycles. The van der Waals surface area contributed by atoms with Crippen LogP contribution in [0, 0.1) is 5.92 Å². The van der Waals surface area contributed by atoms with Crippen LogP contribution in [-0.2, 0) is 11.3 Å². The van der Waals surface area contributed by atoms with E-state index in [0.29, 0.717) is 12.0 Å². The quantitative estimate of drug-likeness (QED) is 0.894. The predicted octanol–water partition coefficient (Wildman–Crippen LogP) is 3.05. The molecule has 0 aromatic heterocycles. The Labute approximate surface area is 123 Å². The predicted molar refractivity (Wildman–Crippen MR) is 85.2 cm³/mol. The molecule has 1 fully saturated rings. The van der Waals surface area contributed by atoms with Crippen molar-refractivity contribution in [3.63, 3.8) is 0 Å². The van der Waals surface area contributed by atoms with E-state index in [1.807, 2.05) is 0 Å². The summed E-state index contributed by atoms with van der Waals surface area (Å²) in [5, 5.41) is 3.55. The number of nitrogens with zero attached hydrogens (tertiary/aromatic N) is 1. The van der Waals surface area contributed by atoms with E-state index in [1.54, 1.807) is 0 Å². The topological polar surface area (TPSA) is 24.5 Å². The van der Waals surface area contributed by atoms with Crippen LogP contribution >= 0.6 is 0 Å². The minimum absolute atomic E-state index is 0.314. The molecule has 3 heteroatoms. The van der Waals surface area contributed by atoms with Gasteiger partial charge in [-0.1, -0.05) is 32.0 Å². The Kier molecular flexibility index (Phi) is 5.86. The van der Waals surface area contributed by atoms with Gasteiger partial charge in [-0.05, 0) is 37.4 Å². The van der Waals surface area contributed by atoms with Gasteiger partial charge in [-0.2, -0.15) is 0 Å². The van der Waals surface area contributed by atoms with Crippen molar-refractivity contribution in [3.8, 4) is 0 Å². The summed E-state index contributed by atoms with van der Waals surface area (Å²) in [5.41, 5.74) is 2.75. The molecule has 1 atom stereocenters. The summed E-state index contributed by atoms with van der Waals surface area (Å²) in [6.07, 6.45) is 1.42. The fourth-order valence-electron chi connectivity index (χ4n) is 2.68. The Morgan fingerprint density at radius 1 is 1.35 bits per heavy atom. The molecule has 0 radical (unpaired) electrons. The van der Waals surface area contributed by atoms with Gasteiger partial charge in [0.05, 0.1) is 6.10 Å². The van der Waals surface area contributed by atoms with E-state index in [-0.39, 0.29) is 0 Å². The molecule has 0 spiro atoms. The zero-order valence-corrected chi connectivity index (χ0v) is 13.1. The normalized spacial score (nSPS) is 20.2. The van der Waals surface area contributed by atoms with Crippen molar-refractivity contribution >= 4 is 5.69 Å². The molecule has 3 nitrogen and oxygen atoms in total. The van der Waals surface area contributed by atoms with E-state index < -0.39 is 0 Å². The SMILES string of the molecule is CC(C)CNCc1ccccc1N1CCCOC(C)C1. The van der Waals surface area contributed by atoms with Crippen LogP contribution in [0.3, 0.4) is 0 Å². The Bertz CT molecular complexity index is 406. The maximum atomic E-state index is 5.75. The molecule has 1 aromatic carbocycles. The lowest BCUT2D eigenvalue weighted by molar-refractivity contribution is 0.0821. The highest BCUT2D eigenvalue weighted by atomic mass is 16.5. The largest absolute Gasteiger partial charge is 0.377 e. The first-order valence-electron chi connectivity index (χ1n) is 7.82. The van der Waals surface area contributed by atoms with Gasteiger partial charge in [0.2, 0.25) is 0 Å². The highest BCUT2D eigenvalue weighted by Gasteiger charge is 2.17. The molecule has 1 N–H and O–H groups in total. The van der Waals surface area contributed by atoms with Crippen molar-refractivity contribution in [2.75, 3.05) is 31.1 Å². The van der Waals surface area contributed by atoms with E-state index in [0.717, 1.165) is 39.2 Å². The van der Waals surface area contributed by atoms with Gasteiger partial charge in [0.25, 0.3) is 0 Å². The molecular formula is C17H28N2O. The van der Waals surface area contributed by atoms with Crippen LogP contribution in [0.5, 0.6) is 0 Å². The fraction of sp³-hybridized carbons (Fsp3) is 0.647. The summed E-state index contributed by atoms with van der Waals surface area (Å²) in [6, 6.07) is 8.74. The number of ether oxygens (including phenoxy) is 1. The molecule has 1 aliphatic rings. The lowest BCUT2D eigenvalue weighted by atomic mass is 10.1. The average molecular weight is 276 g/mol. The van der Waals surface area contributed by atoms with Crippen molar-refractivity contribution in [1.82, 2.24) is 5.32 Å². The van der Waals surface area contributed by atoms with Crippen LogP contribution in [-0.4, -0.2) is 32.3 Å². The van der Waals surface area contributed by atoms with Crippen molar-refractivity contribution < 1.29 is 4.74 Å². The van der Waals surface area contributed by atoms with Gasteiger partial charge < -0.3 is 15.0 Å². The number of para-hydroxylation sites is 1. The average Bonchev–Trinajstić information content (AvgIpc) is 2.63. The van der Waals surface area contributed by atoms with Crippen LogP contribution in [0.2, 0.25) is 0 Å². The first kappa shape index (κ1) is 15.3. The lowest BCUT2D eigenvalue weighted by Crippen LogP contribution is -2.31. The summed E-state index contributed by atoms with van der Waals surface area (Å²) in [6.45, 7) is 11.6. The number of anilines is 1. The number of benzene rings is 1. The van der Waals surface area contributed by atoms with Gasteiger partial charge in [0.15, 0.2) is 0 Å². The van der Waals surface area contributed by atoms with Gasteiger partial charge in [-0.25, -0.2) is 0 Å². The van der Waals surface area contributed by atoms with Gasteiger partial charge in [0, 0.05) is 31.9 Å². The summed E-state index contributed by atoms with van der Waals surface area (Å²) >= 11 is 0. The Balaban J connectivity index is 2.05. The number of hydrogen-bond donors (Lipinski definition) is 1. The molecule has 1 aromatic rings. The minimum atomic E-state index is 0.314. The first-order valence-corrected chi connectivity index (χ1v) is 7.82. The van der Waals surface area contributed by atoms with E-state index in [4.69, 9.17) is 4.74 Å². The Morgan fingerprint density at radius 3 is 2.95 bits per heavy atom. The maximum Gasteiger partial charge on any atom is 0.0721 e. The minimum Gasteiger partial charge on any atom is -0.377 e. The first-order chi connectivity index (χ1) is 9.66. The van der Waals surface area contributed by atoms with Crippen LogP contribution < -0.4 is 10.2 Å². The van der Waals surface area contributed by atoms with Crippen molar-refractivity contribution in [2.45, 2.75) is 39.8 Å². The third-order valence-electron chi connectivity index (χ3n) is 3.65. The Morgan fingerprint density at radius 2 is 2.15 bits per heavy atom. The zero-order valence-electron chi connectivity index (χ0n) is 13.1. The lowest BCUT2D eigenvalue weighted by Gasteiger charge is -2.27. The van der Waals surface area contributed by atoms with E-state index >= 15 is 0 Å². The third-order valence-corrected chi connectivity index (χ3v) is 3.65. The summed E-state index contributed by atoms with van der Waals surface area (Å²) in [4.78, 5) is 2.48. The summed E-state index contributed by atoms with van der Waals surface area (Å²) in [7, 11) is 0. The van der Waals surface area contributed by atoms with Crippen molar-refractivity contribution in [2.24, 2.45) is 5.92 Å². The molecular weight excluding hydrogens is 248 g/mol. The third kappa shape index (κ3) is 4.50.